The van der Waals surface area contributed by atoms with E-state index in [2.05, 4.69) is 79.7 Å². The summed E-state index contributed by atoms with van der Waals surface area (Å²) < 4.78 is 12.9. The van der Waals surface area contributed by atoms with Gasteiger partial charge in [-0.15, -0.1) is 0 Å². The Labute approximate surface area is 307 Å². The molecule has 0 saturated heterocycles. The van der Waals surface area contributed by atoms with Gasteiger partial charge < -0.3 is 9.47 Å². The van der Waals surface area contributed by atoms with Gasteiger partial charge in [-0.05, 0) is 43.9 Å². The predicted octanol–water partition coefficient (Wildman–Crippen LogP) is 10.2. The van der Waals surface area contributed by atoms with Gasteiger partial charge >= 0.3 is 0 Å². The van der Waals surface area contributed by atoms with Crippen LogP contribution in [0.1, 0.15) is 130 Å². The van der Waals surface area contributed by atoms with E-state index in [1.165, 1.54) is 0 Å². The molecule has 0 amide bonds. The van der Waals surface area contributed by atoms with E-state index >= 15 is 0 Å². The molecule has 6 nitrogen and oxygen atoms in total. The van der Waals surface area contributed by atoms with Gasteiger partial charge in [-0.25, -0.2) is 0 Å². The first-order chi connectivity index (χ1) is 24.3. The van der Waals surface area contributed by atoms with Crippen molar-refractivity contribution in [2.45, 2.75) is 119 Å². The maximum atomic E-state index is 13.7. The first-order valence-corrected chi connectivity index (χ1v) is 18.9. The van der Waals surface area contributed by atoms with Crippen molar-refractivity contribution in [1.29, 1.82) is 0 Å². The lowest BCUT2D eigenvalue weighted by atomic mass is 9.65. The van der Waals surface area contributed by atoms with Crippen molar-refractivity contribution in [3.8, 4) is 11.1 Å². The number of rotatable bonds is 3. The van der Waals surface area contributed by atoms with E-state index in [9.17, 15) is 19.2 Å². The SMILES string of the molecule is CC1(C)CC(=O)C2=C(C1)OC1=C(C(=O)CC(C)(C)C1)C2c1ccc(-c2ccc(C3C4=C(CC(C)(C)CC4=O)OC4=C3C(=O)CC(C)(C)C4)cc2)cc1. The molecule has 270 valence electrons. The summed E-state index contributed by atoms with van der Waals surface area (Å²) in [7, 11) is 0. The van der Waals surface area contributed by atoms with Gasteiger partial charge in [0.15, 0.2) is 23.1 Å². The van der Waals surface area contributed by atoms with Crippen LogP contribution in [0, 0.1) is 21.7 Å². The summed E-state index contributed by atoms with van der Waals surface area (Å²) in [4.78, 5) is 55.0. The Bertz CT molecular complexity index is 1840. The number of benzene rings is 2. The topological polar surface area (TPSA) is 86.7 Å². The van der Waals surface area contributed by atoms with E-state index in [-0.39, 0.29) is 44.8 Å². The highest BCUT2D eigenvalue weighted by Crippen LogP contribution is 2.55. The third-order valence-corrected chi connectivity index (χ3v) is 12.0. The van der Waals surface area contributed by atoms with Gasteiger partial charge in [-0.3, -0.25) is 19.2 Å². The first kappa shape index (κ1) is 34.7. The molecule has 52 heavy (non-hydrogen) atoms. The lowest BCUT2D eigenvalue weighted by Gasteiger charge is -2.42. The molecule has 2 heterocycles. The largest absolute Gasteiger partial charge is 0.465 e. The molecule has 0 spiro atoms. The van der Waals surface area contributed by atoms with Gasteiger partial charge in [0.1, 0.15) is 23.0 Å². The van der Waals surface area contributed by atoms with Crippen LogP contribution in [-0.2, 0) is 28.7 Å². The molecule has 0 N–H and O–H groups in total. The number of hydrogen-bond donors (Lipinski definition) is 0. The second kappa shape index (κ2) is 11.6. The highest BCUT2D eigenvalue weighted by atomic mass is 16.5. The van der Waals surface area contributed by atoms with Crippen LogP contribution in [-0.4, -0.2) is 23.1 Å². The number of Topliss-reactive ketones (excluding diaryl/α,β-unsaturated/α-hetero) is 4. The Balaban J connectivity index is 1.15. The fraction of sp³-hybridized carbons (Fsp3) is 0.478. The molecule has 6 aliphatic rings. The first-order valence-electron chi connectivity index (χ1n) is 18.9. The van der Waals surface area contributed by atoms with Crippen LogP contribution in [0.4, 0.5) is 0 Å². The number of ketones is 4. The number of hydrogen-bond acceptors (Lipinski definition) is 6. The Morgan fingerprint density at radius 1 is 0.385 bits per heavy atom. The molecule has 0 bridgehead atoms. The van der Waals surface area contributed by atoms with Gasteiger partial charge in [0, 0.05) is 85.5 Å². The second-order valence-electron chi connectivity index (χ2n) is 19.4. The van der Waals surface area contributed by atoms with Crippen LogP contribution >= 0.6 is 0 Å². The van der Waals surface area contributed by atoms with Gasteiger partial charge in [-0.2, -0.15) is 0 Å². The van der Waals surface area contributed by atoms with Gasteiger partial charge in [0.2, 0.25) is 0 Å². The fourth-order valence-corrected chi connectivity index (χ4v) is 9.75. The quantitative estimate of drug-likeness (QED) is 0.317. The Morgan fingerprint density at radius 2 is 0.615 bits per heavy atom. The average Bonchev–Trinajstić information content (AvgIpc) is 3.00. The maximum Gasteiger partial charge on any atom is 0.163 e. The van der Waals surface area contributed by atoms with Crippen molar-refractivity contribution in [2.24, 2.45) is 21.7 Å². The summed E-state index contributed by atoms with van der Waals surface area (Å²) in [6, 6.07) is 16.4. The van der Waals surface area contributed by atoms with Crippen molar-refractivity contribution in [1.82, 2.24) is 0 Å². The molecule has 0 radical (unpaired) electrons. The molecule has 2 aromatic carbocycles. The summed E-state index contributed by atoms with van der Waals surface area (Å²) >= 11 is 0. The van der Waals surface area contributed by atoms with Crippen LogP contribution in [0.25, 0.3) is 11.1 Å². The number of carbonyl (C=O) groups is 4. The number of ether oxygens (including phenoxy) is 2. The minimum atomic E-state index is -0.433. The van der Waals surface area contributed by atoms with Crippen LogP contribution < -0.4 is 0 Å². The minimum absolute atomic E-state index is 0.0600. The Hall–Kier alpha value is -4.32. The monoisotopic (exact) mass is 698 g/mol. The lowest BCUT2D eigenvalue weighted by molar-refractivity contribution is -0.122. The van der Waals surface area contributed by atoms with Crippen LogP contribution in [0.2, 0.25) is 0 Å². The average molecular weight is 699 g/mol. The smallest absolute Gasteiger partial charge is 0.163 e. The highest BCUT2D eigenvalue weighted by molar-refractivity contribution is 6.07. The molecule has 4 aliphatic carbocycles. The summed E-state index contributed by atoms with van der Waals surface area (Å²) in [5.41, 5.74) is 5.59. The molecular formula is C46H50O6. The number of allylic oxidation sites excluding steroid dienone is 8. The summed E-state index contributed by atoms with van der Waals surface area (Å²) in [5, 5.41) is 0. The van der Waals surface area contributed by atoms with Crippen LogP contribution in [0.3, 0.4) is 0 Å². The van der Waals surface area contributed by atoms with Gasteiger partial charge in [0.25, 0.3) is 0 Å². The fourth-order valence-electron chi connectivity index (χ4n) is 9.75. The minimum Gasteiger partial charge on any atom is -0.465 e. The normalized spacial score (nSPS) is 25.3. The molecular weight excluding hydrogens is 649 g/mol. The van der Waals surface area contributed by atoms with Crippen molar-refractivity contribution in [3.63, 3.8) is 0 Å². The van der Waals surface area contributed by atoms with Crippen molar-refractivity contribution >= 4 is 23.1 Å². The van der Waals surface area contributed by atoms with E-state index in [1.54, 1.807) is 0 Å². The standard InChI is InChI=1S/C46H50O6/c1-43(2)17-29(47)39-33(21-43)51-34-22-44(3,4)18-30(48)40(34)37(39)27-13-9-25(10-14-27)26-11-15-28(16-12-26)38-41-31(49)19-45(5,6)23-35(41)52-36-24-46(7,8)20-32(50)42(36)38/h9-16,37-38H,17-24H2,1-8H3. The number of carbonyl (C=O) groups excluding carboxylic acids is 4. The zero-order chi connectivity index (χ0) is 37.1. The molecule has 2 aliphatic heterocycles. The van der Waals surface area contributed by atoms with Gasteiger partial charge in [-0.1, -0.05) is 104 Å². The summed E-state index contributed by atoms with van der Waals surface area (Å²) in [5.74, 6) is 2.26. The molecule has 0 aromatic heterocycles. The molecule has 0 unspecified atom stereocenters. The van der Waals surface area contributed by atoms with Crippen molar-refractivity contribution in [3.05, 3.63) is 105 Å². The Morgan fingerprint density at radius 3 is 0.846 bits per heavy atom. The van der Waals surface area contributed by atoms with Crippen molar-refractivity contribution < 1.29 is 28.7 Å². The Kier molecular flexibility index (Phi) is 7.74. The predicted molar refractivity (Wildman–Crippen MR) is 200 cm³/mol. The third kappa shape index (κ3) is 5.96. The molecule has 0 fully saturated rings. The van der Waals surface area contributed by atoms with Crippen LogP contribution in [0.5, 0.6) is 0 Å². The van der Waals surface area contributed by atoms with Gasteiger partial charge in [0.05, 0.1) is 0 Å². The third-order valence-electron chi connectivity index (χ3n) is 12.0. The molecule has 2 aromatic rings. The van der Waals surface area contributed by atoms with Crippen molar-refractivity contribution in [2.75, 3.05) is 0 Å². The van der Waals surface area contributed by atoms with E-state index in [4.69, 9.17) is 9.47 Å². The van der Waals surface area contributed by atoms with E-state index in [1.807, 2.05) is 24.3 Å². The van der Waals surface area contributed by atoms with E-state index in [0.29, 0.717) is 73.7 Å². The summed E-state index contributed by atoms with van der Waals surface area (Å²) in [6.07, 6.45) is 4.36. The maximum absolute atomic E-state index is 13.7. The van der Waals surface area contributed by atoms with E-state index < -0.39 is 11.8 Å². The zero-order valence-electron chi connectivity index (χ0n) is 31.9. The summed E-state index contributed by atoms with van der Waals surface area (Å²) in [6.45, 7) is 16.8. The molecule has 6 heteroatoms. The lowest BCUT2D eigenvalue weighted by Crippen LogP contribution is -2.37. The van der Waals surface area contributed by atoms with Crippen LogP contribution in [0.15, 0.2) is 93.9 Å². The zero-order valence-corrected chi connectivity index (χ0v) is 31.9. The van der Waals surface area contributed by atoms with E-state index in [0.717, 1.165) is 45.3 Å². The highest BCUT2D eigenvalue weighted by Gasteiger charge is 2.49. The molecule has 8 rings (SSSR count). The second-order valence-corrected chi connectivity index (χ2v) is 19.4. The molecule has 0 atom stereocenters. The molecule has 0 saturated carbocycles.